The van der Waals surface area contributed by atoms with E-state index in [1.807, 2.05) is 48.5 Å². The van der Waals surface area contributed by atoms with Crippen molar-refractivity contribution in [2.24, 2.45) is 5.73 Å². The van der Waals surface area contributed by atoms with E-state index in [-0.39, 0.29) is 12.1 Å². The van der Waals surface area contributed by atoms with Crippen molar-refractivity contribution in [3.8, 4) is 12.3 Å². The number of terminal acetylenes is 1. The van der Waals surface area contributed by atoms with Crippen LogP contribution < -0.4 is 5.73 Å². The van der Waals surface area contributed by atoms with Crippen LogP contribution in [0.1, 0.15) is 17.5 Å². The molecule has 0 radical (unpaired) electrons. The van der Waals surface area contributed by atoms with E-state index < -0.39 is 0 Å². The monoisotopic (exact) mass is 279 g/mol. The minimum Gasteiger partial charge on any atom is -0.371 e. The molecule has 2 nitrogen and oxygen atoms in total. The van der Waals surface area contributed by atoms with E-state index in [4.69, 9.17) is 16.9 Å². The summed E-state index contributed by atoms with van der Waals surface area (Å²) in [5, 5.41) is 0. The number of hydrogen-bond acceptors (Lipinski definition) is 2. The summed E-state index contributed by atoms with van der Waals surface area (Å²) in [5.74, 6) is 2.67. The first-order valence-corrected chi connectivity index (χ1v) is 7.18. The van der Waals surface area contributed by atoms with Gasteiger partial charge in [0.05, 0.1) is 12.7 Å². The molecule has 0 saturated heterocycles. The fourth-order valence-electron chi connectivity index (χ4n) is 2.25. The average molecular weight is 279 g/mol. The van der Waals surface area contributed by atoms with Gasteiger partial charge in [0.25, 0.3) is 0 Å². The lowest BCUT2D eigenvalue weighted by molar-refractivity contribution is 0.0269. The normalized spacial score (nSPS) is 13.3. The molecular weight excluding hydrogens is 258 g/mol. The molecule has 0 spiro atoms. The number of benzene rings is 2. The van der Waals surface area contributed by atoms with Crippen molar-refractivity contribution in [3.63, 3.8) is 0 Å². The maximum absolute atomic E-state index is 6.28. The van der Waals surface area contributed by atoms with Crippen molar-refractivity contribution in [2.45, 2.75) is 31.6 Å². The van der Waals surface area contributed by atoms with Gasteiger partial charge in [-0.25, -0.2) is 0 Å². The largest absolute Gasteiger partial charge is 0.371 e. The molecule has 0 saturated carbocycles. The smallest absolute Gasteiger partial charge is 0.0842 e. The van der Waals surface area contributed by atoms with Gasteiger partial charge in [0, 0.05) is 12.5 Å². The van der Waals surface area contributed by atoms with Gasteiger partial charge in [-0.05, 0) is 17.5 Å². The van der Waals surface area contributed by atoms with Crippen LogP contribution >= 0.6 is 0 Å². The molecule has 2 heteroatoms. The Labute approximate surface area is 126 Å². The molecule has 0 fully saturated rings. The fraction of sp³-hybridized carbons (Fsp3) is 0.263. The van der Waals surface area contributed by atoms with Crippen LogP contribution in [0.25, 0.3) is 0 Å². The molecule has 0 aliphatic rings. The van der Waals surface area contributed by atoms with Crippen molar-refractivity contribution in [1.29, 1.82) is 0 Å². The van der Waals surface area contributed by atoms with Gasteiger partial charge in [0.15, 0.2) is 0 Å². The lowest BCUT2D eigenvalue weighted by Crippen LogP contribution is -2.38. The van der Waals surface area contributed by atoms with Crippen LogP contribution in [0.2, 0.25) is 0 Å². The molecule has 0 aliphatic carbocycles. The molecule has 0 unspecified atom stereocenters. The van der Waals surface area contributed by atoms with Crippen LogP contribution in [0.5, 0.6) is 0 Å². The van der Waals surface area contributed by atoms with Crippen LogP contribution in [0.15, 0.2) is 60.7 Å². The molecule has 2 atom stereocenters. The van der Waals surface area contributed by atoms with E-state index in [1.165, 1.54) is 5.56 Å². The molecule has 0 heterocycles. The lowest BCUT2D eigenvalue weighted by atomic mass is 10.00. The molecule has 0 aromatic heterocycles. The maximum Gasteiger partial charge on any atom is 0.0842 e. The average Bonchev–Trinajstić information content (AvgIpc) is 2.53. The Morgan fingerprint density at radius 1 is 0.952 bits per heavy atom. The Balaban J connectivity index is 1.93. The molecule has 2 aromatic carbocycles. The highest BCUT2D eigenvalue weighted by molar-refractivity contribution is 5.17. The Kier molecular flexibility index (Phi) is 6.02. The molecule has 21 heavy (non-hydrogen) atoms. The number of nitrogens with two attached hydrogens (primary N) is 1. The molecule has 108 valence electrons. The summed E-state index contributed by atoms with van der Waals surface area (Å²) in [6.07, 6.45) is 6.61. The van der Waals surface area contributed by atoms with Gasteiger partial charge in [0.1, 0.15) is 0 Å². The summed E-state index contributed by atoms with van der Waals surface area (Å²) in [6, 6.07) is 20.1. The summed E-state index contributed by atoms with van der Waals surface area (Å²) >= 11 is 0. The third-order valence-corrected chi connectivity index (χ3v) is 3.42. The predicted octanol–water partition coefficient (Wildman–Crippen LogP) is 3.17. The number of ether oxygens (including phenoxy) is 1. The van der Waals surface area contributed by atoms with E-state index in [9.17, 15) is 0 Å². The zero-order valence-corrected chi connectivity index (χ0v) is 12.1. The standard InChI is InChI=1S/C19H21NO/c1-2-9-19(21-15-17-12-7-4-8-13-17)18(20)14-16-10-5-3-6-11-16/h1,3-8,10-13,18-19H,9,14-15,20H2/t18-,19-/m0/s1. The van der Waals surface area contributed by atoms with Crippen molar-refractivity contribution in [1.82, 2.24) is 0 Å². The van der Waals surface area contributed by atoms with Gasteiger partial charge in [-0.1, -0.05) is 60.7 Å². The summed E-state index contributed by atoms with van der Waals surface area (Å²) in [7, 11) is 0. The highest BCUT2D eigenvalue weighted by Crippen LogP contribution is 2.12. The summed E-state index contributed by atoms with van der Waals surface area (Å²) < 4.78 is 5.94. The van der Waals surface area contributed by atoms with Gasteiger partial charge in [0.2, 0.25) is 0 Å². The van der Waals surface area contributed by atoms with Crippen molar-refractivity contribution in [2.75, 3.05) is 0 Å². The molecule has 0 bridgehead atoms. The van der Waals surface area contributed by atoms with Crippen molar-refractivity contribution < 1.29 is 4.74 Å². The molecule has 2 aromatic rings. The van der Waals surface area contributed by atoms with E-state index in [1.54, 1.807) is 0 Å². The van der Waals surface area contributed by atoms with Gasteiger partial charge < -0.3 is 10.5 Å². The van der Waals surface area contributed by atoms with Gasteiger partial charge in [-0.3, -0.25) is 0 Å². The topological polar surface area (TPSA) is 35.2 Å². The zero-order valence-electron chi connectivity index (χ0n) is 12.1. The van der Waals surface area contributed by atoms with E-state index in [0.717, 1.165) is 12.0 Å². The van der Waals surface area contributed by atoms with Gasteiger partial charge in [-0.15, -0.1) is 12.3 Å². The minimum absolute atomic E-state index is 0.104. The lowest BCUT2D eigenvalue weighted by Gasteiger charge is -2.23. The van der Waals surface area contributed by atoms with E-state index in [2.05, 4.69) is 18.1 Å². The molecule has 2 rings (SSSR count). The Hall–Kier alpha value is -2.08. The maximum atomic E-state index is 6.28. The molecule has 0 aliphatic heterocycles. The molecule has 2 N–H and O–H groups in total. The second kappa shape index (κ2) is 8.26. The first-order valence-electron chi connectivity index (χ1n) is 7.18. The summed E-state index contributed by atoms with van der Waals surface area (Å²) in [4.78, 5) is 0. The van der Waals surface area contributed by atoms with E-state index in [0.29, 0.717) is 13.0 Å². The van der Waals surface area contributed by atoms with Crippen LogP contribution in [0.3, 0.4) is 0 Å². The second-order valence-electron chi connectivity index (χ2n) is 5.10. The number of hydrogen-bond donors (Lipinski definition) is 1. The Bertz CT molecular complexity index is 559. The van der Waals surface area contributed by atoms with Crippen LogP contribution in [0, 0.1) is 12.3 Å². The van der Waals surface area contributed by atoms with Gasteiger partial charge in [-0.2, -0.15) is 0 Å². The zero-order chi connectivity index (χ0) is 14.9. The Morgan fingerprint density at radius 2 is 1.52 bits per heavy atom. The quantitative estimate of drug-likeness (QED) is 0.790. The third kappa shape index (κ3) is 5.07. The van der Waals surface area contributed by atoms with Crippen molar-refractivity contribution >= 4 is 0 Å². The SMILES string of the molecule is C#CC[C@H](OCc1ccccc1)[C@@H](N)Cc1ccccc1. The van der Waals surface area contributed by atoms with Crippen molar-refractivity contribution in [3.05, 3.63) is 71.8 Å². The van der Waals surface area contributed by atoms with Crippen LogP contribution in [-0.2, 0) is 17.8 Å². The molecule has 0 amide bonds. The molecular formula is C19H21NO. The van der Waals surface area contributed by atoms with Crippen LogP contribution in [-0.4, -0.2) is 12.1 Å². The third-order valence-electron chi connectivity index (χ3n) is 3.42. The number of rotatable bonds is 7. The first-order chi connectivity index (χ1) is 10.3. The first kappa shape index (κ1) is 15.3. The summed E-state index contributed by atoms with van der Waals surface area (Å²) in [6.45, 7) is 0.537. The highest BCUT2D eigenvalue weighted by atomic mass is 16.5. The van der Waals surface area contributed by atoms with Gasteiger partial charge >= 0.3 is 0 Å². The minimum atomic E-state index is -0.129. The fourth-order valence-corrected chi connectivity index (χ4v) is 2.25. The van der Waals surface area contributed by atoms with E-state index >= 15 is 0 Å². The predicted molar refractivity (Wildman–Crippen MR) is 86.6 cm³/mol. The second-order valence-corrected chi connectivity index (χ2v) is 5.10. The Morgan fingerprint density at radius 3 is 2.10 bits per heavy atom. The van der Waals surface area contributed by atoms with Crippen LogP contribution in [0.4, 0.5) is 0 Å². The summed E-state index contributed by atoms with van der Waals surface area (Å²) in [5.41, 5.74) is 8.61. The highest BCUT2D eigenvalue weighted by Gasteiger charge is 2.18.